The lowest BCUT2D eigenvalue weighted by molar-refractivity contribution is 0.0963. The van der Waals surface area contributed by atoms with Crippen LogP contribution >= 0.6 is 0 Å². The van der Waals surface area contributed by atoms with Crippen LogP contribution in [0, 0.1) is 13.8 Å². The second-order valence-corrected chi connectivity index (χ2v) is 3.66. The molecule has 0 N–H and O–H groups in total. The molecule has 0 spiro atoms. The van der Waals surface area contributed by atoms with Gasteiger partial charge >= 0.3 is 0 Å². The number of aryl methyl sites for hydroxylation is 2. The van der Waals surface area contributed by atoms with Gasteiger partial charge in [0.25, 0.3) is 0 Å². The maximum absolute atomic E-state index is 11.7. The van der Waals surface area contributed by atoms with Crippen LogP contribution in [0.4, 0.5) is 0 Å². The summed E-state index contributed by atoms with van der Waals surface area (Å²) in [5.41, 5.74) is 2.55. The van der Waals surface area contributed by atoms with E-state index in [9.17, 15) is 4.79 Å². The van der Waals surface area contributed by atoms with Gasteiger partial charge in [-0.15, -0.1) is 0 Å². The summed E-state index contributed by atoms with van der Waals surface area (Å²) in [6.45, 7) is 4.44. The van der Waals surface area contributed by atoms with Crippen molar-refractivity contribution in [2.24, 2.45) is 0 Å². The van der Waals surface area contributed by atoms with E-state index in [4.69, 9.17) is 4.74 Å². The fraction of sp³-hybridized carbons (Fsp3) is 0.500. The first-order valence-electron chi connectivity index (χ1n) is 5.11. The number of nitrogens with zero attached hydrogens (tertiary/aromatic N) is 1. The van der Waals surface area contributed by atoms with Crippen LogP contribution in [0.2, 0.25) is 0 Å². The molecule has 0 aromatic carbocycles. The van der Waals surface area contributed by atoms with Gasteiger partial charge < -0.3 is 4.74 Å². The molecule has 1 heterocycles. The van der Waals surface area contributed by atoms with Crippen molar-refractivity contribution in [2.45, 2.75) is 26.7 Å². The molecule has 82 valence electrons. The summed E-state index contributed by atoms with van der Waals surface area (Å²) in [5, 5.41) is 0. The monoisotopic (exact) mass is 207 g/mol. The first-order chi connectivity index (χ1) is 7.13. The average Bonchev–Trinajstić information content (AvgIpc) is 2.16. The number of carbonyl (C=O) groups excluding carboxylic acids is 1. The summed E-state index contributed by atoms with van der Waals surface area (Å²) < 4.78 is 4.91. The molecule has 0 saturated carbocycles. The molecule has 1 aromatic heterocycles. The fourth-order valence-corrected chi connectivity index (χ4v) is 1.52. The van der Waals surface area contributed by atoms with Crippen molar-refractivity contribution in [3.8, 4) is 0 Å². The molecule has 0 radical (unpaired) electrons. The standard InChI is InChI=1S/C12H17NO2/c1-9-7-11(8-10(2)13-9)12(14)5-4-6-15-3/h7-8H,4-6H2,1-3H3. The molecular weight excluding hydrogens is 190 g/mol. The number of rotatable bonds is 5. The van der Waals surface area contributed by atoms with Gasteiger partial charge in [-0.2, -0.15) is 0 Å². The summed E-state index contributed by atoms with van der Waals surface area (Å²) in [6, 6.07) is 3.67. The van der Waals surface area contributed by atoms with Crippen molar-refractivity contribution in [3.63, 3.8) is 0 Å². The van der Waals surface area contributed by atoms with Gasteiger partial charge in [-0.05, 0) is 32.4 Å². The quantitative estimate of drug-likeness (QED) is 0.549. The topological polar surface area (TPSA) is 39.2 Å². The Morgan fingerprint density at radius 2 is 1.93 bits per heavy atom. The molecule has 15 heavy (non-hydrogen) atoms. The highest BCUT2D eigenvalue weighted by atomic mass is 16.5. The van der Waals surface area contributed by atoms with Gasteiger partial charge in [0.05, 0.1) is 0 Å². The minimum atomic E-state index is 0.167. The first kappa shape index (κ1) is 11.9. The lowest BCUT2D eigenvalue weighted by Gasteiger charge is -2.03. The van der Waals surface area contributed by atoms with Gasteiger partial charge in [0.2, 0.25) is 0 Å². The Balaban J connectivity index is 2.65. The molecule has 0 atom stereocenters. The zero-order valence-electron chi connectivity index (χ0n) is 9.54. The average molecular weight is 207 g/mol. The van der Waals surface area contributed by atoms with E-state index in [1.807, 2.05) is 26.0 Å². The Labute approximate surface area is 90.5 Å². The van der Waals surface area contributed by atoms with Crippen LogP contribution in [-0.4, -0.2) is 24.5 Å². The van der Waals surface area contributed by atoms with Gasteiger partial charge in [-0.3, -0.25) is 9.78 Å². The van der Waals surface area contributed by atoms with E-state index in [0.717, 1.165) is 23.4 Å². The lowest BCUT2D eigenvalue weighted by atomic mass is 10.1. The van der Waals surface area contributed by atoms with Gasteiger partial charge in [0.15, 0.2) is 5.78 Å². The highest BCUT2D eigenvalue weighted by Crippen LogP contribution is 2.09. The minimum absolute atomic E-state index is 0.167. The fourth-order valence-electron chi connectivity index (χ4n) is 1.52. The molecular formula is C12H17NO2. The Bertz CT molecular complexity index is 327. The van der Waals surface area contributed by atoms with Gasteiger partial charge in [0.1, 0.15) is 0 Å². The Hall–Kier alpha value is -1.22. The second kappa shape index (κ2) is 5.61. The molecule has 0 fully saturated rings. The van der Waals surface area contributed by atoms with Crippen molar-refractivity contribution < 1.29 is 9.53 Å². The predicted molar refractivity (Wildman–Crippen MR) is 59.2 cm³/mol. The third-order valence-corrected chi connectivity index (χ3v) is 2.16. The first-order valence-corrected chi connectivity index (χ1v) is 5.11. The van der Waals surface area contributed by atoms with Crippen LogP contribution in [0.3, 0.4) is 0 Å². The van der Waals surface area contributed by atoms with Gasteiger partial charge in [-0.25, -0.2) is 0 Å². The highest BCUT2D eigenvalue weighted by molar-refractivity contribution is 5.96. The van der Waals surface area contributed by atoms with Crippen LogP contribution in [0.15, 0.2) is 12.1 Å². The van der Waals surface area contributed by atoms with Crippen molar-refractivity contribution in [2.75, 3.05) is 13.7 Å². The molecule has 0 saturated heterocycles. The maximum atomic E-state index is 11.7. The predicted octanol–water partition coefficient (Wildman–Crippen LogP) is 2.31. The molecule has 0 aliphatic heterocycles. The Morgan fingerprint density at radius 1 is 1.33 bits per heavy atom. The van der Waals surface area contributed by atoms with Crippen LogP contribution in [0.25, 0.3) is 0 Å². The molecule has 0 bridgehead atoms. The number of hydrogen-bond donors (Lipinski definition) is 0. The summed E-state index contributed by atoms with van der Waals surface area (Å²) in [4.78, 5) is 16.0. The number of methoxy groups -OCH3 is 1. The number of pyridine rings is 1. The van der Waals surface area contributed by atoms with E-state index >= 15 is 0 Å². The van der Waals surface area contributed by atoms with E-state index in [2.05, 4.69) is 4.98 Å². The molecule has 0 aliphatic rings. The SMILES string of the molecule is COCCCC(=O)c1cc(C)nc(C)c1. The molecule has 3 heteroatoms. The third-order valence-electron chi connectivity index (χ3n) is 2.16. The highest BCUT2D eigenvalue weighted by Gasteiger charge is 2.06. The number of Topliss-reactive ketones (excluding diaryl/α,β-unsaturated/α-hetero) is 1. The summed E-state index contributed by atoms with van der Waals surface area (Å²) in [6.07, 6.45) is 1.31. The summed E-state index contributed by atoms with van der Waals surface area (Å²) in [5.74, 6) is 0.167. The Morgan fingerprint density at radius 3 is 2.47 bits per heavy atom. The largest absolute Gasteiger partial charge is 0.385 e. The summed E-state index contributed by atoms with van der Waals surface area (Å²) >= 11 is 0. The number of ether oxygens (including phenoxy) is 1. The van der Waals surface area contributed by atoms with Gasteiger partial charge in [0, 0.05) is 37.1 Å². The molecule has 3 nitrogen and oxygen atoms in total. The molecule has 0 amide bonds. The second-order valence-electron chi connectivity index (χ2n) is 3.66. The zero-order valence-corrected chi connectivity index (χ0v) is 9.54. The van der Waals surface area contributed by atoms with Crippen molar-refractivity contribution in [1.29, 1.82) is 0 Å². The van der Waals surface area contributed by atoms with Crippen LogP contribution in [0.5, 0.6) is 0 Å². The molecule has 0 unspecified atom stereocenters. The zero-order chi connectivity index (χ0) is 11.3. The van der Waals surface area contributed by atoms with Crippen molar-refractivity contribution >= 4 is 5.78 Å². The number of aromatic nitrogens is 1. The van der Waals surface area contributed by atoms with Crippen molar-refractivity contribution in [1.82, 2.24) is 4.98 Å². The molecule has 0 aliphatic carbocycles. The van der Waals surface area contributed by atoms with Crippen molar-refractivity contribution in [3.05, 3.63) is 29.1 Å². The molecule has 1 rings (SSSR count). The maximum Gasteiger partial charge on any atom is 0.163 e. The van der Waals surface area contributed by atoms with E-state index in [0.29, 0.717) is 13.0 Å². The van der Waals surface area contributed by atoms with Crippen LogP contribution in [0.1, 0.15) is 34.6 Å². The van der Waals surface area contributed by atoms with Crippen LogP contribution < -0.4 is 0 Å². The lowest BCUT2D eigenvalue weighted by Crippen LogP contribution is -2.03. The van der Waals surface area contributed by atoms with E-state index in [1.54, 1.807) is 7.11 Å². The van der Waals surface area contributed by atoms with Gasteiger partial charge in [-0.1, -0.05) is 0 Å². The Kier molecular flexibility index (Phi) is 4.43. The minimum Gasteiger partial charge on any atom is -0.385 e. The number of carbonyl (C=O) groups is 1. The third kappa shape index (κ3) is 3.80. The number of ketones is 1. The summed E-state index contributed by atoms with van der Waals surface area (Å²) in [7, 11) is 1.64. The van der Waals surface area contributed by atoms with E-state index in [1.165, 1.54) is 0 Å². The number of hydrogen-bond acceptors (Lipinski definition) is 3. The van der Waals surface area contributed by atoms with Crippen LogP contribution in [-0.2, 0) is 4.74 Å². The molecule has 1 aromatic rings. The normalized spacial score (nSPS) is 10.3. The van der Waals surface area contributed by atoms with E-state index in [-0.39, 0.29) is 5.78 Å². The van der Waals surface area contributed by atoms with E-state index < -0.39 is 0 Å². The smallest absolute Gasteiger partial charge is 0.163 e.